The average Bonchev–Trinajstić information content (AvgIpc) is 2.68. The molecule has 1 unspecified atom stereocenters. The molecule has 2 rings (SSSR count). The predicted molar refractivity (Wildman–Crippen MR) is 99.9 cm³/mol. The van der Waals surface area contributed by atoms with E-state index in [4.69, 9.17) is 14.2 Å². The number of rotatable bonds is 12. The lowest BCUT2D eigenvalue weighted by Crippen LogP contribution is -2.17. The number of ether oxygens (including phenoxy) is 3. The number of esters is 1. The van der Waals surface area contributed by atoms with Gasteiger partial charge in [-0.2, -0.15) is 0 Å². The number of hydrogen-bond donors (Lipinski definition) is 0. The summed E-state index contributed by atoms with van der Waals surface area (Å²) in [5, 5.41) is 4.17. The normalized spacial score (nSPS) is 11.8. The fraction of sp³-hybridized carbons (Fsp3) is 0.316. The van der Waals surface area contributed by atoms with Crippen molar-refractivity contribution in [3.05, 3.63) is 60.2 Å². The molecule has 27 heavy (non-hydrogen) atoms. The summed E-state index contributed by atoms with van der Waals surface area (Å²) in [5.74, 6) is 0.492. The minimum Gasteiger partial charge on any atom is -0.465 e. The molecule has 0 fully saturated rings. The molecule has 0 aliphatic heterocycles. The fourth-order valence-corrected chi connectivity index (χ4v) is 2.38. The van der Waals surface area contributed by atoms with Gasteiger partial charge in [-0.25, -0.2) is 4.89 Å². The molecule has 0 radical (unpaired) electrons. The summed E-state index contributed by atoms with van der Waals surface area (Å²) in [6.45, 7) is 2.39. The Morgan fingerprint density at radius 1 is 1.04 bits per heavy atom. The second-order valence-corrected chi connectivity index (χ2v) is 5.96. The van der Waals surface area contributed by atoms with Crippen LogP contribution in [0.4, 0.5) is 0 Å². The van der Waals surface area contributed by atoms with Crippen LogP contribution >= 0.6 is 12.0 Å². The van der Waals surface area contributed by atoms with Crippen molar-refractivity contribution < 1.29 is 33.3 Å². The van der Waals surface area contributed by atoms with Gasteiger partial charge in [-0.1, -0.05) is 35.4 Å². The van der Waals surface area contributed by atoms with Gasteiger partial charge in [0, 0.05) is 12.0 Å². The van der Waals surface area contributed by atoms with Crippen LogP contribution in [0.25, 0.3) is 0 Å². The van der Waals surface area contributed by atoms with Crippen molar-refractivity contribution in [2.45, 2.75) is 19.6 Å². The Bertz CT molecular complexity index is 664. The summed E-state index contributed by atoms with van der Waals surface area (Å²) in [6, 6.07) is 16.8. The molecular weight excluding hydrogens is 372 g/mol. The molecule has 8 heteroatoms. The summed E-state index contributed by atoms with van der Waals surface area (Å²) >= 11 is 0.760. The monoisotopic (exact) mass is 394 g/mol. The average molecular weight is 394 g/mol. The van der Waals surface area contributed by atoms with Crippen molar-refractivity contribution in [2.24, 2.45) is 0 Å². The highest BCUT2D eigenvalue weighted by Crippen LogP contribution is 2.19. The summed E-state index contributed by atoms with van der Waals surface area (Å²) in [4.78, 5) is 15.8. The van der Waals surface area contributed by atoms with E-state index in [1.165, 1.54) is 12.7 Å². The third-order valence-electron chi connectivity index (χ3n) is 3.26. The molecule has 0 aromatic heterocycles. The van der Waals surface area contributed by atoms with Gasteiger partial charge < -0.3 is 14.2 Å². The highest BCUT2D eigenvalue weighted by atomic mass is 32.2. The van der Waals surface area contributed by atoms with E-state index in [1.54, 1.807) is 24.3 Å². The van der Waals surface area contributed by atoms with E-state index in [0.717, 1.165) is 18.5 Å². The summed E-state index contributed by atoms with van der Waals surface area (Å²) in [5.41, 5.74) is 1.22. The fourth-order valence-electron chi connectivity index (χ4n) is 2.08. The van der Waals surface area contributed by atoms with Gasteiger partial charge in [0.15, 0.2) is 6.29 Å². The van der Waals surface area contributed by atoms with Gasteiger partial charge in [0.05, 0.1) is 13.7 Å². The van der Waals surface area contributed by atoms with E-state index in [2.05, 4.69) is 26.4 Å². The standard InChI is InChI=1S/C19H22O7S/c1-15(22-13-12-16-6-4-3-5-7-16)23-17-8-10-18(11-9-17)24-19(20)14-27-26-25-21-2/h3-11,15H,12-14H2,1-2H3. The zero-order valence-electron chi connectivity index (χ0n) is 15.2. The smallest absolute Gasteiger partial charge is 0.323 e. The van der Waals surface area contributed by atoms with Crippen LogP contribution < -0.4 is 9.47 Å². The van der Waals surface area contributed by atoms with Gasteiger partial charge >= 0.3 is 5.97 Å². The van der Waals surface area contributed by atoms with Crippen molar-refractivity contribution >= 4 is 18.0 Å². The van der Waals surface area contributed by atoms with Crippen molar-refractivity contribution in [3.8, 4) is 11.5 Å². The van der Waals surface area contributed by atoms with E-state index >= 15 is 0 Å². The van der Waals surface area contributed by atoms with Crippen molar-refractivity contribution in [1.29, 1.82) is 0 Å². The molecule has 0 N–H and O–H groups in total. The second-order valence-electron chi connectivity index (χ2n) is 5.30. The molecule has 0 aliphatic rings. The molecule has 7 nitrogen and oxygen atoms in total. The van der Waals surface area contributed by atoms with Crippen LogP contribution in [0.15, 0.2) is 54.6 Å². The Balaban J connectivity index is 1.67. The number of carbonyl (C=O) groups excluding carboxylic acids is 1. The third-order valence-corrected chi connectivity index (χ3v) is 3.77. The SMILES string of the molecule is COOOSCC(=O)Oc1ccc(OC(C)OCCc2ccccc2)cc1. The molecule has 0 amide bonds. The molecule has 1 atom stereocenters. The topological polar surface area (TPSA) is 72.5 Å². The van der Waals surface area contributed by atoms with Crippen LogP contribution in [0.1, 0.15) is 12.5 Å². The maximum atomic E-state index is 11.6. The Labute approximate surface area is 162 Å². The molecule has 2 aromatic rings. The first-order chi connectivity index (χ1) is 13.2. The molecule has 146 valence electrons. The Kier molecular flexibility index (Phi) is 9.67. The molecule has 0 saturated heterocycles. The van der Waals surface area contributed by atoms with Crippen LogP contribution in [0, 0.1) is 0 Å². The van der Waals surface area contributed by atoms with Gasteiger partial charge in [-0.15, -0.1) is 4.33 Å². The van der Waals surface area contributed by atoms with E-state index in [-0.39, 0.29) is 5.75 Å². The van der Waals surface area contributed by atoms with Crippen LogP contribution in [0.3, 0.4) is 0 Å². The highest BCUT2D eigenvalue weighted by Gasteiger charge is 2.08. The second kappa shape index (κ2) is 12.3. The molecule has 0 bridgehead atoms. The van der Waals surface area contributed by atoms with Gasteiger partial charge in [-0.3, -0.25) is 4.79 Å². The van der Waals surface area contributed by atoms with Crippen LogP contribution in [0.2, 0.25) is 0 Å². The third kappa shape index (κ3) is 8.89. The summed E-state index contributed by atoms with van der Waals surface area (Å²) < 4.78 is 21.0. The van der Waals surface area contributed by atoms with E-state index in [9.17, 15) is 4.79 Å². The molecule has 0 saturated carbocycles. The predicted octanol–water partition coefficient (Wildman–Crippen LogP) is 3.73. The van der Waals surface area contributed by atoms with Crippen LogP contribution in [-0.2, 0) is 30.2 Å². The van der Waals surface area contributed by atoms with Crippen LogP contribution in [-0.4, -0.2) is 31.7 Å². The first kappa shape index (κ1) is 21.2. The number of carbonyl (C=O) groups is 1. The van der Waals surface area contributed by atoms with Crippen molar-refractivity contribution in [2.75, 3.05) is 19.5 Å². The maximum absolute atomic E-state index is 11.6. The van der Waals surface area contributed by atoms with E-state index < -0.39 is 12.3 Å². The Morgan fingerprint density at radius 2 is 1.74 bits per heavy atom. The number of benzene rings is 2. The van der Waals surface area contributed by atoms with Gasteiger partial charge in [0.25, 0.3) is 0 Å². The van der Waals surface area contributed by atoms with E-state index in [1.807, 2.05) is 25.1 Å². The zero-order chi connectivity index (χ0) is 19.3. The van der Waals surface area contributed by atoms with Gasteiger partial charge in [-0.05, 0) is 43.2 Å². The minimum atomic E-state index is -0.481. The Morgan fingerprint density at radius 3 is 2.44 bits per heavy atom. The quantitative estimate of drug-likeness (QED) is 0.103. The van der Waals surface area contributed by atoms with Gasteiger partial charge in [0.2, 0.25) is 0 Å². The first-order valence-corrected chi connectivity index (χ1v) is 9.20. The summed E-state index contributed by atoms with van der Waals surface area (Å²) in [6.07, 6.45) is 0.428. The van der Waals surface area contributed by atoms with Crippen molar-refractivity contribution in [1.82, 2.24) is 0 Å². The lowest BCUT2D eigenvalue weighted by molar-refractivity contribution is -0.447. The van der Waals surface area contributed by atoms with Gasteiger partial charge in [0.1, 0.15) is 17.3 Å². The minimum absolute atomic E-state index is 0.0477. The molecule has 0 aliphatic carbocycles. The lowest BCUT2D eigenvalue weighted by atomic mass is 10.2. The molecule has 2 aromatic carbocycles. The van der Waals surface area contributed by atoms with Crippen LogP contribution in [0.5, 0.6) is 11.5 Å². The molecular formula is C19H22O7S. The van der Waals surface area contributed by atoms with Crippen molar-refractivity contribution in [3.63, 3.8) is 0 Å². The first-order valence-electron chi connectivity index (χ1n) is 8.29. The summed E-state index contributed by atoms with van der Waals surface area (Å²) in [7, 11) is 1.29. The van der Waals surface area contributed by atoms with E-state index in [0.29, 0.717) is 18.1 Å². The zero-order valence-corrected chi connectivity index (χ0v) is 16.0. The lowest BCUT2D eigenvalue weighted by Gasteiger charge is -2.15. The Hall–Kier alpha value is -2.10. The maximum Gasteiger partial charge on any atom is 0.323 e. The molecule has 0 spiro atoms. The highest BCUT2D eigenvalue weighted by molar-refractivity contribution is 7.95. The number of hydrogen-bond acceptors (Lipinski definition) is 8. The largest absolute Gasteiger partial charge is 0.465 e. The molecule has 0 heterocycles.